The van der Waals surface area contributed by atoms with Gasteiger partial charge >= 0.3 is 0 Å². The SMILES string of the molecule is CC[C@H](C)[C@H](NC(=O)[C@H](CCC(N)=O)NC(=O)[C@H](Cc1cnc[nH]1)NC(=O)[C@H](C)NC(=O)[C@H](CC(C)C)NC(=O)[C@H](CCCCN)NC(=O)[C@H](CCC(N)=O)NC(=O)[C@@H](NC(=O)[C@@H](NC(=O)C1CSSC[C@H](N)C(=O)NC(CCCNC(=N)N)C(=O)N[C@@H](Cc2ccccc2)C(=O)NCC(=O)N[C@@H]([C@@H](C)O)C(=O)N1)[C@@H](C)O)C(C)C)C(=O)N[C@@H](Cc1ccc(O)cc1)C(N)=O. The van der Waals surface area contributed by atoms with Gasteiger partial charge in [-0.3, -0.25) is 91.7 Å². The fraction of sp³-hybridized carbons (Fsp3) is 0.585. The Hall–Kier alpha value is -12.3. The number of rotatable bonds is 48. The van der Waals surface area contributed by atoms with E-state index < -0.39 is 259 Å². The molecule has 0 bridgehead atoms. The number of benzene rings is 2. The number of nitrogens with two attached hydrogens (primary N) is 6. The lowest BCUT2D eigenvalue weighted by Crippen LogP contribution is -2.63. The zero-order valence-corrected chi connectivity index (χ0v) is 75.9. The van der Waals surface area contributed by atoms with Crippen LogP contribution in [0.2, 0.25) is 0 Å². The van der Waals surface area contributed by atoms with Gasteiger partial charge in [-0.2, -0.15) is 0 Å². The van der Waals surface area contributed by atoms with Gasteiger partial charge in [0.1, 0.15) is 90.3 Å². The van der Waals surface area contributed by atoms with Gasteiger partial charge in [0, 0.05) is 62.0 Å². The van der Waals surface area contributed by atoms with E-state index in [-0.39, 0.29) is 87.8 Å². The Bertz CT molecular complexity index is 4330. The van der Waals surface area contributed by atoms with Crippen LogP contribution in [0, 0.1) is 23.2 Å². The average molecular weight is 1870 g/mol. The minimum Gasteiger partial charge on any atom is -0.508 e. The molecule has 2 aromatic carbocycles. The Morgan fingerprint density at radius 2 is 1.08 bits per heavy atom. The molecule has 4 rings (SSSR count). The predicted octanol–water partition coefficient (Wildman–Crippen LogP) is -7.29. The van der Waals surface area contributed by atoms with Crippen molar-refractivity contribution in [1.82, 2.24) is 95.0 Å². The lowest BCUT2D eigenvalue weighted by atomic mass is 9.96. The molecule has 46 nitrogen and oxygen atoms in total. The molecule has 720 valence electrons. The molecular formula is C82H129N25O21S2. The Morgan fingerprint density at radius 3 is 1.64 bits per heavy atom. The number of aromatic amines is 1. The summed E-state index contributed by atoms with van der Waals surface area (Å²) in [6.07, 6.45) is -2.61. The number of hydrogen-bond donors (Lipinski definition) is 27. The predicted molar refractivity (Wildman–Crippen MR) is 478 cm³/mol. The number of phenols is 1. The maximum atomic E-state index is 14.6. The monoisotopic (exact) mass is 1860 g/mol. The summed E-state index contributed by atoms with van der Waals surface area (Å²) in [6.45, 7) is 12.6. The van der Waals surface area contributed by atoms with Crippen LogP contribution in [-0.2, 0) is 106 Å². The number of phenolic OH excluding ortho intramolecular Hbond substituents is 1. The van der Waals surface area contributed by atoms with Crippen LogP contribution in [-0.4, -0.2) is 272 Å². The van der Waals surface area contributed by atoms with E-state index in [0.717, 1.165) is 35.4 Å². The number of aliphatic hydroxyl groups excluding tert-OH is 2. The zero-order valence-electron chi connectivity index (χ0n) is 74.3. The smallest absolute Gasteiger partial charge is 0.245 e. The van der Waals surface area contributed by atoms with E-state index in [1.165, 1.54) is 57.6 Å². The minimum atomic E-state index is -1.96. The number of aromatic nitrogens is 2. The van der Waals surface area contributed by atoms with Crippen LogP contribution in [0.4, 0.5) is 0 Å². The first-order valence-corrected chi connectivity index (χ1v) is 45.1. The number of aromatic hydroxyl groups is 1. The molecule has 0 radical (unpaired) electrons. The van der Waals surface area contributed by atoms with E-state index in [2.05, 4.69) is 95.0 Å². The van der Waals surface area contributed by atoms with E-state index in [4.69, 9.17) is 39.8 Å². The summed E-state index contributed by atoms with van der Waals surface area (Å²) in [5.74, 6) is -20.6. The second kappa shape index (κ2) is 56.2. The molecule has 1 saturated heterocycles. The van der Waals surface area contributed by atoms with Gasteiger partial charge in [0.15, 0.2) is 5.96 Å². The van der Waals surface area contributed by atoms with E-state index in [1.54, 1.807) is 58.0 Å². The molecule has 0 saturated carbocycles. The summed E-state index contributed by atoms with van der Waals surface area (Å²) in [5.41, 5.74) is 35.8. The molecule has 48 heteroatoms. The number of nitrogens with one attached hydrogen (secondary N) is 18. The fourth-order valence-corrected chi connectivity index (χ4v) is 15.3. The van der Waals surface area contributed by atoms with Crippen molar-refractivity contribution in [2.24, 2.45) is 52.2 Å². The summed E-state index contributed by atoms with van der Waals surface area (Å²) in [7, 11) is 1.79. The van der Waals surface area contributed by atoms with Crippen LogP contribution in [0.1, 0.15) is 150 Å². The second-order valence-electron chi connectivity index (χ2n) is 32.4. The zero-order chi connectivity index (χ0) is 97.2. The number of carbonyl (C=O) groups excluding carboxylic acids is 18. The van der Waals surface area contributed by atoms with E-state index in [9.17, 15) is 102 Å². The van der Waals surface area contributed by atoms with Crippen molar-refractivity contribution in [2.45, 2.75) is 255 Å². The normalized spacial score (nSPS) is 19.0. The molecule has 18 atom stereocenters. The third kappa shape index (κ3) is 39.4. The lowest BCUT2D eigenvalue weighted by molar-refractivity contribution is -0.138. The molecule has 0 spiro atoms. The Labute approximate surface area is 760 Å². The second-order valence-corrected chi connectivity index (χ2v) is 35.0. The summed E-state index contributed by atoms with van der Waals surface area (Å²) in [6, 6.07) is -8.98. The number of amides is 18. The molecule has 0 aliphatic carbocycles. The van der Waals surface area contributed by atoms with E-state index in [1.807, 2.05) is 0 Å². The van der Waals surface area contributed by atoms with Crippen LogP contribution < -0.4 is 119 Å². The minimum absolute atomic E-state index is 0.0508. The van der Waals surface area contributed by atoms with Crippen LogP contribution >= 0.6 is 21.6 Å². The number of aliphatic hydroxyl groups is 2. The number of unbranched alkanes of at least 4 members (excludes halogenated alkanes) is 1. The van der Waals surface area contributed by atoms with Crippen LogP contribution in [0.25, 0.3) is 0 Å². The number of guanidine groups is 1. The highest BCUT2D eigenvalue weighted by Crippen LogP contribution is 2.24. The van der Waals surface area contributed by atoms with Gasteiger partial charge in [-0.25, -0.2) is 4.98 Å². The van der Waals surface area contributed by atoms with Gasteiger partial charge in [-0.15, -0.1) is 0 Å². The summed E-state index contributed by atoms with van der Waals surface area (Å²) in [4.78, 5) is 258. The Morgan fingerprint density at radius 1 is 0.546 bits per heavy atom. The number of H-pyrrole nitrogens is 1. The summed E-state index contributed by atoms with van der Waals surface area (Å²) < 4.78 is 0. The molecule has 33 N–H and O–H groups in total. The molecule has 130 heavy (non-hydrogen) atoms. The molecule has 1 aliphatic heterocycles. The first-order valence-electron chi connectivity index (χ1n) is 42.6. The van der Waals surface area contributed by atoms with Crippen LogP contribution in [0.15, 0.2) is 67.1 Å². The van der Waals surface area contributed by atoms with Crippen LogP contribution in [0.5, 0.6) is 5.75 Å². The Balaban J connectivity index is 1.57. The fourth-order valence-electron chi connectivity index (χ4n) is 13.0. The van der Waals surface area contributed by atoms with Gasteiger partial charge in [-0.05, 0) is 120 Å². The number of carbonyl (C=O) groups is 18. The quantitative estimate of drug-likeness (QED) is 0.0108. The van der Waals surface area contributed by atoms with Crippen molar-refractivity contribution in [3.8, 4) is 5.75 Å². The van der Waals surface area contributed by atoms with Crippen LogP contribution in [0.3, 0.4) is 0 Å². The highest BCUT2D eigenvalue weighted by molar-refractivity contribution is 8.76. The molecule has 1 aromatic heterocycles. The molecular weight excluding hydrogens is 1740 g/mol. The molecule has 2 unspecified atom stereocenters. The van der Waals surface area contributed by atoms with Crippen molar-refractivity contribution in [3.63, 3.8) is 0 Å². The third-order valence-corrected chi connectivity index (χ3v) is 23.1. The van der Waals surface area contributed by atoms with Gasteiger partial charge in [0.05, 0.1) is 31.1 Å². The topological polar surface area (TPSA) is 769 Å². The Kier molecular flexibility index (Phi) is 47.6. The maximum Gasteiger partial charge on any atom is 0.245 e. The van der Waals surface area contributed by atoms with E-state index in [0.29, 0.717) is 29.7 Å². The van der Waals surface area contributed by atoms with Crippen molar-refractivity contribution >= 4 is 134 Å². The van der Waals surface area contributed by atoms with Gasteiger partial charge < -0.3 is 140 Å². The van der Waals surface area contributed by atoms with Crippen molar-refractivity contribution in [3.05, 3.63) is 83.9 Å². The lowest BCUT2D eigenvalue weighted by Gasteiger charge is -2.30. The number of hydrogen-bond acceptors (Lipinski definition) is 27. The molecule has 1 fully saturated rings. The maximum absolute atomic E-state index is 14.6. The van der Waals surface area contributed by atoms with Gasteiger partial charge in [0.25, 0.3) is 0 Å². The number of primary amides is 3. The number of nitrogens with zero attached hydrogens (tertiary/aromatic N) is 1. The van der Waals surface area contributed by atoms with Gasteiger partial charge in [0.2, 0.25) is 106 Å². The molecule has 18 amide bonds. The standard InChI is InChI=1S/C82H129N25O21S2/c1-10-42(6)64(79(126)99-55(67(87)114)32-47-21-23-49(110)24-22-47)106-74(121)54(26-28-61(86)112)97-76(123)58(34-48-35-90-39-93-48)100-68(115)43(7)94-75(122)56(31-40(2)3)101-71(118)51(19-14-15-29-83)96-73(120)53(25-27-60(85)111)98-78(125)63(41(4)5)105-81(128)66(45(9)109)107-77(124)59-38-130-129-37-50(84)69(116)95-52(20-16-30-91-82(88)89)72(119)102-57(33-46-17-12-11-13-18-46)70(117)92-36-62(113)104-65(44(8)108)80(127)103-59/h11-13,17-18,21-24,35,39-45,50-59,63-66,108-110H,10,14-16,19-20,25-34,36-38,83-84H2,1-9H3,(H2,85,111)(H2,86,112)(H2,87,114)(H,90,93)(H,92,117)(H,94,122)(H,95,116)(H,96,120)(H,97,123)(H,98,125)(H,99,126)(H,100,115)(H,101,118)(H,102,119)(H,103,127)(H,104,113)(H,105,128)(H,106,121)(H,107,124)(H4,88,89,91)/t42-,43-,44+,45+,50-,51-,52?,53-,54-,55-,56-,57-,58-,59?,63-,64-,65-,66-/m0/s1. The summed E-state index contributed by atoms with van der Waals surface area (Å²) in [5, 5.41) is 79.8. The van der Waals surface area contributed by atoms with Crippen molar-refractivity contribution in [2.75, 3.05) is 31.1 Å². The first kappa shape index (κ1) is 110. The van der Waals surface area contributed by atoms with Gasteiger partial charge in [-0.1, -0.05) is 112 Å². The summed E-state index contributed by atoms with van der Waals surface area (Å²) >= 11 is 0. The largest absolute Gasteiger partial charge is 0.508 e. The molecule has 3 aromatic rings. The van der Waals surface area contributed by atoms with Crippen molar-refractivity contribution in [1.29, 1.82) is 5.41 Å². The number of imidazole rings is 1. The molecule has 1 aliphatic rings. The highest BCUT2D eigenvalue weighted by atomic mass is 33.1. The van der Waals surface area contributed by atoms with E-state index >= 15 is 0 Å². The molecule has 2 heterocycles. The van der Waals surface area contributed by atoms with Crippen molar-refractivity contribution < 1.29 is 102 Å². The third-order valence-electron chi connectivity index (χ3n) is 20.6. The first-order chi connectivity index (χ1) is 61.3. The average Bonchev–Trinajstić information content (AvgIpc) is 0.895. The highest BCUT2D eigenvalue weighted by Gasteiger charge is 2.41.